The normalized spacial score (nSPS) is 27.2. The number of halogens is 3. The molecule has 0 bridgehead atoms. The minimum Gasteiger partial charge on any atom is -0.392 e. The van der Waals surface area contributed by atoms with E-state index in [0.29, 0.717) is 32.2 Å². The van der Waals surface area contributed by atoms with Crippen LogP contribution in [0, 0.1) is 22.9 Å². The minimum atomic E-state index is -1.17. The summed E-state index contributed by atoms with van der Waals surface area (Å²) in [5.74, 6) is -2.92. The predicted molar refractivity (Wildman–Crippen MR) is 79.3 cm³/mol. The number of aliphatic hydroxyl groups is 1. The number of ether oxygens (including phenoxy) is 1. The van der Waals surface area contributed by atoms with Gasteiger partial charge in [-0.25, -0.2) is 13.2 Å². The van der Waals surface area contributed by atoms with Gasteiger partial charge in [-0.2, -0.15) is 0 Å². The molecule has 2 aliphatic rings. The lowest BCUT2D eigenvalue weighted by Crippen LogP contribution is -2.62. The molecule has 1 aromatic carbocycles. The molecule has 0 radical (unpaired) electrons. The second kappa shape index (κ2) is 6.42. The van der Waals surface area contributed by atoms with Crippen molar-refractivity contribution < 1.29 is 23.0 Å². The Morgan fingerprint density at radius 1 is 1.17 bits per heavy atom. The zero-order valence-corrected chi connectivity index (χ0v) is 13.2. The summed E-state index contributed by atoms with van der Waals surface area (Å²) < 4.78 is 45.7. The second-order valence-corrected chi connectivity index (χ2v) is 6.56. The molecule has 1 spiro atoms. The highest BCUT2D eigenvalue weighted by Gasteiger charge is 2.55. The summed E-state index contributed by atoms with van der Waals surface area (Å²) in [5.41, 5.74) is -0.0330. The molecule has 1 heterocycles. The van der Waals surface area contributed by atoms with Gasteiger partial charge in [-0.05, 0) is 38.9 Å². The summed E-state index contributed by atoms with van der Waals surface area (Å²) in [4.78, 5) is 2.01. The van der Waals surface area contributed by atoms with Gasteiger partial charge >= 0.3 is 0 Å². The minimum absolute atomic E-state index is 0.0876. The molecule has 1 aliphatic heterocycles. The monoisotopic (exact) mass is 329 g/mol. The van der Waals surface area contributed by atoms with E-state index in [9.17, 15) is 18.3 Å². The van der Waals surface area contributed by atoms with Crippen molar-refractivity contribution in [3.05, 3.63) is 35.1 Å². The first kappa shape index (κ1) is 16.7. The lowest BCUT2D eigenvalue weighted by atomic mass is 9.58. The van der Waals surface area contributed by atoms with E-state index in [1.807, 2.05) is 11.8 Å². The Bertz CT molecular complexity index is 571. The van der Waals surface area contributed by atoms with Crippen molar-refractivity contribution in [2.75, 3.05) is 19.7 Å². The number of likely N-dealkylation sites (tertiary alicyclic amines) is 1. The fourth-order valence-corrected chi connectivity index (χ4v) is 3.87. The molecule has 2 fully saturated rings. The van der Waals surface area contributed by atoms with Crippen LogP contribution in [0.4, 0.5) is 13.2 Å². The first-order chi connectivity index (χ1) is 11.0. The molecule has 1 aromatic rings. The summed E-state index contributed by atoms with van der Waals surface area (Å²) >= 11 is 0. The maximum Gasteiger partial charge on any atom is 0.161 e. The maximum atomic E-state index is 13.7. The van der Waals surface area contributed by atoms with Crippen LogP contribution >= 0.6 is 0 Å². The van der Waals surface area contributed by atoms with Gasteiger partial charge in [0, 0.05) is 36.6 Å². The molecule has 1 aliphatic carbocycles. The number of rotatable bonds is 4. The first-order valence-electron chi connectivity index (χ1n) is 8.11. The van der Waals surface area contributed by atoms with Gasteiger partial charge in [0.15, 0.2) is 11.6 Å². The lowest BCUT2D eigenvalue weighted by molar-refractivity contribution is -0.209. The molecule has 128 valence electrons. The summed E-state index contributed by atoms with van der Waals surface area (Å²) in [6.07, 6.45) is 1.95. The highest BCUT2D eigenvalue weighted by Crippen LogP contribution is 2.51. The molecule has 2 atom stereocenters. The van der Waals surface area contributed by atoms with E-state index < -0.39 is 17.5 Å². The SMILES string of the molecule is CCOC1CC(O)C12CCN(Cc1cc(F)c(F)cc1F)CC2. The number of aliphatic hydroxyl groups excluding tert-OH is 1. The molecule has 1 saturated carbocycles. The number of nitrogens with zero attached hydrogens (tertiary/aromatic N) is 1. The predicted octanol–water partition coefficient (Wildman–Crippen LogP) is 2.86. The Kier molecular flexibility index (Phi) is 4.67. The Hall–Kier alpha value is -1.11. The van der Waals surface area contributed by atoms with Crippen LogP contribution in [0.2, 0.25) is 0 Å². The van der Waals surface area contributed by atoms with Crippen LogP contribution in [0.5, 0.6) is 0 Å². The molecule has 1 saturated heterocycles. The Labute approximate surface area is 134 Å². The first-order valence-corrected chi connectivity index (χ1v) is 8.11. The van der Waals surface area contributed by atoms with Crippen molar-refractivity contribution in [1.82, 2.24) is 4.90 Å². The number of benzene rings is 1. The third kappa shape index (κ3) is 2.99. The summed E-state index contributed by atoms with van der Waals surface area (Å²) in [6, 6.07) is 1.52. The van der Waals surface area contributed by atoms with Gasteiger partial charge in [0.2, 0.25) is 0 Å². The molecule has 1 N–H and O–H groups in total. The summed E-state index contributed by atoms with van der Waals surface area (Å²) in [7, 11) is 0. The van der Waals surface area contributed by atoms with E-state index in [2.05, 4.69) is 0 Å². The van der Waals surface area contributed by atoms with Crippen molar-refractivity contribution in [2.24, 2.45) is 5.41 Å². The molecule has 2 unspecified atom stereocenters. The molecule has 23 heavy (non-hydrogen) atoms. The average molecular weight is 329 g/mol. The van der Waals surface area contributed by atoms with Crippen molar-refractivity contribution in [3.63, 3.8) is 0 Å². The summed E-state index contributed by atoms with van der Waals surface area (Å²) in [5, 5.41) is 10.2. The smallest absolute Gasteiger partial charge is 0.161 e. The Morgan fingerprint density at radius 3 is 2.43 bits per heavy atom. The van der Waals surface area contributed by atoms with E-state index in [4.69, 9.17) is 4.74 Å². The van der Waals surface area contributed by atoms with Gasteiger partial charge in [0.05, 0.1) is 12.2 Å². The van der Waals surface area contributed by atoms with Crippen molar-refractivity contribution >= 4 is 0 Å². The number of hydrogen-bond acceptors (Lipinski definition) is 3. The van der Waals surface area contributed by atoms with Gasteiger partial charge in [-0.1, -0.05) is 0 Å². The quantitative estimate of drug-likeness (QED) is 0.862. The van der Waals surface area contributed by atoms with Gasteiger partial charge in [-0.3, -0.25) is 4.90 Å². The molecule has 3 rings (SSSR count). The fraction of sp³-hybridized carbons (Fsp3) is 0.647. The van der Waals surface area contributed by atoms with E-state index in [-0.39, 0.29) is 29.7 Å². The van der Waals surface area contributed by atoms with Crippen LogP contribution < -0.4 is 0 Å². The number of piperidine rings is 1. The maximum absolute atomic E-state index is 13.7. The summed E-state index contributed by atoms with van der Waals surface area (Å²) in [6.45, 7) is 4.18. The van der Waals surface area contributed by atoms with Gasteiger partial charge in [0.25, 0.3) is 0 Å². The van der Waals surface area contributed by atoms with E-state index in [1.54, 1.807) is 0 Å². The van der Waals surface area contributed by atoms with Crippen LogP contribution in [0.15, 0.2) is 12.1 Å². The van der Waals surface area contributed by atoms with Crippen molar-refractivity contribution in [3.8, 4) is 0 Å². The molecule has 3 nitrogen and oxygen atoms in total. The van der Waals surface area contributed by atoms with E-state index in [1.165, 1.54) is 0 Å². The second-order valence-electron chi connectivity index (χ2n) is 6.56. The highest BCUT2D eigenvalue weighted by molar-refractivity contribution is 5.20. The van der Waals surface area contributed by atoms with Gasteiger partial charge in [-0.15, -0.1) is 0 Å². The van der Waals surface area contributed by atoms with Gasteiger partial charge in [0.1, 0.15) is 5.82 Å². The van der Waals surface area contributed by atoms with Gasteiger partial charge < -0.3 is 9.84 Å². The third-order valence-electron chi connectivity index (χ3n) is 5.38. The van der Waals surface area contributed by atoms with Crippen LogP contribution in [-0.4, -0.2) is 41.9 Å². The largest absolute Gasteiger partial charge is 0.392 e. The molecular weight excluding hydrogens is 307 g/mol. The van der Waals surface area contributed by atoms with Crippen LogP contribution in [0.3, 0.4) is 0 Å². The topological polar surface area (TPSA) is 32.7 Å². The zero-order valence-electron chi connectivity index (χ0n) is 13.2. The Morgan fingerprint density at radius 2 is 1.83 bits per heavy atom. The van der Waals surface area contributed by atoms with E-state index in [0.717, 1.165) is 18.9 Å². The molecule has 0 amide bonds. The van der Waals surface area contributed by atoms with E-state index >= 15 is 0 Å². The average Bonchev–Trinajstić information content (AvgIpc) is 2.53. The molecule has 0 aromatic heterocycles. The van der Waals surface area contributed by atoms with Crippen LogP contribution in [0.25, 0.3) is 0 Å². The molecular formula is C17H22F3NO2. The fourth-order valence-electron chi connectivity index (χ4n) is 3.87. The van der Waals surface area contributed by atoms with Crippen molar-refractivity contribution in [1.29, 1.82) is 0 Å². The molecule has 6 heteroatoms. The van der Waals surface area contributed by atoms with Crippen molar-refractivity contribution in [2.45, 2.75) is 44.9 Å². The lowest BCUT2D eigenvalue weighted by Gasteiger charge is -2.56. The van der Waals surface area contributed by atoms with Crippen LogP contribution in [0.1, 0.15) is 31.7 Å². The number of hydrogen-bond donors (Lipinski definition) is 1. The Balaban J connectivity index is 1.62. The third-order valence-corrected chi connectivity index (χ3v) is 5.38. The van der Waals surface area contributed by atoms with Crippen LogP contribution in [-0.2, 0) is 11.3 Å². The standard InChI is InChI=1S/C17H22F3NO2/c1-2-23-16-9-15(22)17(16)3-5-21(6-4-17)10-11-7-13(19)14(20)8-12(11)18/h7-8,15-16,22H,2-6,9-10H2,1H3. The zero-order chi connectivity index (χ0) is 16.6. The highest BCUT2D eigenvalue weighted by atomic mass is 19.2.